The van der Waals surface area contributed by atoms with Gasteiger partial charge in [0.1, 0.15) is 17.6 Å². The average Bonchev–Trinajstić information content (AvgIpc) is 2.58. The molecule has 3 nitrogen and oxygen atoms in total. The third-order valence-corrected chi connectivity index (χ3v) is 1.72. The van der Waals surface area contributed by atoms with E-state index in [1.165, 1.54) is 14.8 Å². The molecule has 1 aromatic carbocycles. The minimum absolute atomic E-state index is 0.664. The molecule has 0 atom stereocenters. The molecule has 1 aromatic heterocycles. The van der Waals surface area contributed by atoms with Crippen LogP contribution in [-0.2, 0) is 4.65 Å². The van der Waals surface area contributed by atoms with Crippen LogP contribution >= 0.6 is 0 Å². The summed E-state index contributed by atoms with van der Waals surface area (Å²) in [7, 11) is 2.79. The van der Waals surface area contributed by atoms with E-state index in [4.69, 9.17) is 9.07 Å². The summed E-state index contributed by atoms with van der Waals surface area (Å²) in [6, 6.07) is 7.65. The minimum atomic E-state index is 0.664. The molecule has 0 aliphatic heterocycles. The van der Waals surface area contributed by atoms with Crippen molar-refractivity contribution in [3.8, 4) is 5.75 Å². The molecule has 2 rings (SSSR count). The van der Waals surface area contributed by atoms with Gasteiger partial charge in [0.05, 0.1) is 5.39 Å². The highest BCUT2D eigenvalue weighted by molar-refractivity contribution is 6.19. The summed E-state index contributed by atoms with van der Waals surface area (Å²) in [5, 5.41) is 0.941. The lowest BCUT2D eigenvalue weighted by Gasteiger charge is -1.97. The van der Waals surface area contributed by atoms with Gasteiger partial charge in [-0.25, -0.2) is 0 Å². The smallest absolute Gasteiger partial charge is 0.535 e. The van der Waals surface area contributed by atoms with Gasteiger partial charge in [0, 0.05) is 7.11 Å². The predicted molar refractivity (Wildman–Crippen MR) is 49.6 cm³/mol. The van der Waals surface area contributed by atoms with Crippen molar-refractivity contribution in [2.75, 3.05) is 7.11 Å². The van der Waals surface area contributed by atoms with Gasteiger partial charge >= 0.3 is 7.69 Å². The third-order valence-electron chi connectivity index (χ3n) is 1.72. The van der Waals surface area contributed by atoms with Crippen molar-refractivity contribution >= 4 is 18.7 Å². The maximum Gasteiger partial charge on any atom is 0.572 e. The van der Waals surface area contributed by atoms with Gasteiger partial charge in [0.2, 0.25) is 0 Å². The van der Waals surface area contributed by atoms with E-state index >= 15 is 0 Å². The normalized spacial score (nSPS) is 10.2. The zero-order valence-electron chi connectivity index (χ0n) is 7.19. The lowest BCUT2D eigenvalue weighted by atomic mass is 10.2. The Bertz CT molecular complexity index is 396. The molecule has 1 heterocycles. The van der Waals surface area contributed by atoms with E-state index in [-0.39, 0.29) is 0 Å². The van der Waals surface area contributed by atoms with Crippen molar-refractivity contribution in [2.24, 2.45) is 0 Å². The van der Waals surface area contributed by atoms with Crippen molar-refractivity contribution in [2.45, 2.75) is 0 Å². The van der Waals surface area contributed by atoms with Crippen LogP contribution in [0.4, 0.5) is 0 Å². The van der Waals surface area contributed by atoms with E-state index in [0.29, 0.717) is 5.75 Å². The van der Waals surface area contributed by atoms with E-state index in [9.17, 15) is 0 Å². The Morgan fingerprint density at radius 1 is 1.31 bits per heavy atom. The molecule has 2 aromatic rings. The molecule has 0 bridgehead atoms. The molecular weight excluding hydrogens is 167 g/mol. The van der Waals surface area contributed by atoms with Crippen molar-refractivity contribution < 1.29 is 13.7 Å². The van der Waals surface area contributed by atoms with Gasteiger partial charge in [-0.15, -0.1) is 0 Å². The summed E-state index contributed by atoms with van der Waals surface area (Å²) < 4.78 is 15.1. The number of hydrogen-bond acceptors (Lipinski definition) is 3. The van der Waals surface area contributed by atoms with E-state index in [1.807, 2.05) is 24.3 Å². The molecule has 0 saturated carbocycles. The van der Waals surface area contributed by atoms with Crippen LogP contribution in [-0.4, -0.2) is 14.8 Å². The van der Waals surface area contributed by atoms with Gasteiger partial charge in [-0.3, -0.25) is 0 Å². The first kappa shape index (κ1) is 8.20. The van der Waals surface area contributed by atoms with Crippen LogP contribution in [0.15, 0.2) is 34.9 Å². The van der Waals surface area contributed by atoms with Gasteiger partial charge in [-0.1, -0.05) is 12.1 Å². The number of fused-ring (bicyclic) bond motifs is 1. The Hall–Kier alpha value is -1.42. The lowest BCUT2D eigenvalue weighted by Crippen LogP contribution is -2.03. The van der Waals surface area contributed by atoms with Crippen LogP contribution in [0.1, 0.15) is 0 Å². The van der Waals surface area contributed by atoms with Crippen LogP contribution < -0.4 is 4.65 Å². The maximum absolute atomic E-state index is 5.25. The van der Waals surface area contributed by atoms with Gasteiger partial charge in [-0.05, 0) is 12.1 Å². The molecule has 0 amide bonds. The maximum atomic E-state index is 5.25. The zero-order chi connectivity index (χ0) is 9.10. The zero-order valence-corrected chi connectivity index (χ0v) is 7.19. The molecule has 0 saturated heterocycles. The van der Waals surface area contributed by atoms with Crippen molar-refractivity contribution in [3.05, 3.63) is 30.5 Å². The third kappa shape index (κ3) is 1.53. The first-order valence-electron chi connectivity index (χ1n) is 3.89. The van der Waals surface area contributed by atoms with Crippen LogP contribution in [0.25, 0.3) is 11.0 Å². The molecule has 0 N–H and O–H groups in total. The Kier molecular flexibility index (Phi) is 2.23. The molecule has 0 spiro atoms. The summed E-state index contributed by atoms with van der Waals surface area (Å²) >= 11 is 0. The Labute approximate surface area is 76.6 Å². The molecule has 4 heteroatoms. The fourth-order valence-corrected chi connectivity index (χ4v) is 1.14. The Balaban J connectivity index is 2.35. The molecule has 0 unspecified atom stereocenters. The van der Waals surface area contributed by atoms with Gasteiger partial charge < -0.3 is 13.7 Å². The number of para-hydroxylation sites is 1. The quantitative estimate of drug-likeness (QED) is 0.668. The van der Waals surface area contributed by atoms with E-state index in [1.54, 1.807) is 6.26 Å². The summed E-state index contributed by atoms with van der Waals surface area (Å²) in [5.41, 5.74) is 0.807. The molecule has 13 heavy (non-hydrogen) atoms. The minimum Gasteiger partial charge on any atom is -0.535 e. The molecular formula is C9H8BO3. The second-order valence-corrected chi connectivity index (χ2v) is 2.55. The highest BCUT2D eigenvalue weighted by Gasteiger charge is 2.05. The summed E-state index contributed by atoms with van der Waals surface area (Å²) in [4.78, 5) is 0. The topological polar surface area (TPSA) is 31.6 Å². The van der Waals surface area contributed by atoms with Gasteiger partial charge in [0.15, 0.2) is 0 Å². The SMILES string of the molecule is CO[B]Oc1coc2ccccc12. The van der Waals surface area contributed by atoms with Crippen LogP contribution in [0.2, 0.25) is 0 Å². The Morgan fingerprint density at radius 2 is 2.15 bits per heavy atom. The Morgan fingerprint density at radius 3 is 3.00 bits per heavy atom. The summed E-state index contributed by atoms with van der Waals surface area (Å²) in [5.74, 6) is 0.664. The highest BCUT2D eigenvalue weighted by atomic mass is 16.6. The fourth-order valence-electron chi connectivity index (χ4n) is 1.14. The number of rotatable bonds is 3. The van der Waals surface area contributed by atoms with Crippen LogP contribution in [0.5, 0.6) is 5.75 Å². The van der Waals surface area contributed by atoms with Gasteiger partial charge in [0.25, 0.3) is 0 Å². The van der Waals surface area contributed by atoms with Crippen molar-refractivity contribution in [1.29, 1.82) is 0 Å². The van der Waals surface area contributed by atoms with E-state index in [2.05, 4.69) is 4.65 Å². The van der Waals surface area contributed by atoms with Gasteiger partial charge in [-0.2, -0.15) is 0 Å². The molecule has 1 radical (unpaired) electrons. The van der Waals surface area contributed by atoms with Crippen molar-refractivity contribution in [3.63, 3.8) is 0 Å². The van der Waals surface area contributed by atoms with E-state index < -0.39 is 0 Å². The second kappa shape index (κ2) is 3.54. The summed E-state index contributed by atoms with van der Waals surface area (Å²) in [6.07, 6.45) is 1.56. The number of furan rings is 1. The molecule has 0 aliphatic rings. The highest BCUT2D eigenvalue weighted by Crippen LogP contribution is 2.26. The number of benzene rings is 1. The van der Waals surface area contributed by atoms with Crippen molar-refractivity contribution in [1.82, 2.24) is 0 Å². The molecule has 0 fully saturated rings. The van der Waals surface area contributed by atoms with Crippen LogP contribution in [0, 0.1) is 0 Å². The largest absolute Gasteiger partial charge is 0.572 e. The first-order valence-corrected chi connectivity index (χ1v) is 3.89. The lowest BCUT2D eigenvalue weighted by molar-refractivity contribution is 0.365. The summed E-state index contributed by atoms with van der Waals surface area (Å²) in [6.45, 7) is 0. The van der Waals surface area contributed by atoms with Crippen LogP contribution in [0.3, 0.4) is 0 Å². The molecule has 65 valence electrons. The molecule has 0 aliphatic carbocycles. The second-order valence-electron chi connectivity index (χ2n) is 2.55. The average molecular weight is 175 g/mol. The predicted octanol–water partition coefficient (Wildman–Crippen LogP) is 1.99. The van der Waals surface area contributed by atoms with E-state index in [0.717, 1.165) is 11.0 Å². The number of hydrogen-bond donors (Lipinski definition) is 0. The fraction of sp³-hybridized carbons (Fsp3) is 0.111. The first-order chi connectivity index (χ1) is 6.42. The standard InChI is InChI=1S/C9H8BO3/c1-11-10-13-9-6-12-8-5-3-2-4-7(8)9/h2-6H,1H3. The monoisotopic (exact) mass is 175 g/mol.